The maximum atomic E-state index is 13.4. The van der Waals surface area contributed by atoms with Crippen molar-refractivity contribution in [1.82, 2.24) is 10.0 Å². The van der Waals surface area contributed by atoms with Crippen molar-refractivity contribution >= 4 is 15.9 Å². The Kier molecular flexibility index (Phi) is 7.09. The normalized spacial score (nSPS) is 22.1. The van der Waals surface area contributed by atoms with Gasteiger partial charge >= 0.3 is 0 Å². The van der Waals surface area contributed by atoms with Crippen LogP contribution in [0.1, 0.15) is 85.2 Å². The second kappa shape index (κ2) is 10.2. The number of carbonyl (C=O) groups is 1. The van der Waals surface area contributed by atoms with Crippen molar-refractivity contribution in [3.63, 3.8) is 0 Å². The summed E-state index contributed by atoms with van der Waals surface area (Å²) in [5.74, 6) is 0.216. The third-order valence-electron chi connectivity index (χ3n) is 8.18. The van der Waals surface area contributed by atoms with E-state index in [1.54, 1.807) is 30.3 Å². The van der Waals surface area contributed by atoms with E-state index in [0.717, 1.165) is 31.2 Å². The number of carbonyl (C=O) groups excluding carboxylic acids is 1. The van der Waals surface area contributed by atoms with Gasteiger partial charge in [0.15, 0.2) is 0 Å². The van der Waals surface area contributed by atoms with Gasteiger partial charge in [0.05, 0.1) is 17.0 Å². The van der Waals surface area contributed by atoms with Gasteiger partial charge in [0.2, 0.25) is 10.0 Å². The van der Waals surface area contributed by atoms with Crippen LogP contribution in [0.15, 0.2) is 71.6 Å². The minimum absolute atomic E-state index is 0.0435. The van der Waals surface area contributed by atoms with Crippen LogP contribution in [0.25, 0.3) is 0 Å². The number of ether oxygens (including phenoxy) is 1. The van der Waals surface area contributed by atoms with Crippen molar-refractivity contribution in [3.05, 3.63) is 94.5 Å². The first-order chi connectivity index (χ1) is 18.1. The molecule has 0 aromatic heterocycles. The van der Waals surface area contributed by atoms with Crippen molar-refractivity contribution in [1.29, 1.82) is 0 Å². The summed E-state index contributed by atoms with van der Waals surface area (Å²) >= 11 is 0. The van der Waals surface area contributed by atoms with E-state index in [9.17, 15) is 13.2 Å². The van der Waals surface area contributed by atoms with Gasteiger partial charge in [-0.05, 0) is 86.6 Å². The van der Waals surface area contributed by atoms with Gasteiger partial charge in [-0.3, -0.25) is 4.79 Å². The Balaban J connectivity index is 1.45. The lowest BCUT2D eigenvalue weighted by Crippen LogP contribution is -2.48. The van der Waals surface area contributed by atoms with Gasteiger partial charge in [-0.1, -0.05) is 50.2 Å². The molecule has 3 atom stereocenters. The van der Waals surface area contributed by atoms with Crippen LogP contribution in [0.5, 0.6) is 5.75 Å². The summed E-state index contributed by atoms with van der Waals surface area (Å²) in [7, 11) is -3.81. The lowest BCUT2D eigenvalue weighted by atomic mass is 9.80. The fourth-order valence-electron chi connectivity index (χ4n) is 5.52. The third-order valence-corrected chi connectivity index (χ3v) is 9.63. The number of fused-ring (bicyclic) bond motifs is 2. The van der Waals surface area contributed by atoms with Gasteiger partial charge < -0.3 is 10.1 Å². The van der Waals surface area contributed by atoms with E-state index in [0.29, 0.717) is 16.9 Å². The van der Waals surface area contributed by atoms with Crippen molar-refractivity contribution in [2.24, 2.45) is 5.92 Å². The summed E-state index contributed by atoms with van der Waals surface area (Å²) in [5.41, 5.74) is 4.07. The maximum absolute atomic E-state index is 13.4. The van der Waals surface area contributed by atoms with E-state index in [4.69, 9.17) is 4.74 Å². The molecule has 5 rings (SSSR count). The Morgan fingerprint density at radius 2 is 1.76 bits per heavy atom. The summed E-state index contributed by atoms with van der Waals surface area (Å²) in [4.78, 5) is 13.6. The Hall–Kier alpha value is -3.16. The maximum Gasteiger partial charge on any atom is 0.251 e. The molecule has 0 saturated carbocycles. The van der Waals surface area contributed by atoms with E-state index in [-0.39, 0.29) is 22.8 Å². The van der Waals surface area contributed by atoms with Crippen molar-refractivity contribution in [2.45, 2.75) is 76.0 Å². The predicted octanol–water partition coefficient (Wildman–Crippen LogP) is 5.88. The zero-order valence-electron chi connectivity index (χ0n) is 22.5. The highest BCUT2D eigenvalue weighted by Gasteiger charge is 2.43. The average Bonchev–Trinajstić information content (AvgIpc) is 2.91. The molecule has 1 aliphatic heterocycles. The number of nitrogens with one attached hydrogen (secondary N) is 2. The summed E-state index contributed by atoms with van der Waals surface area (Å²) in [6, 6.07) is 19.9. The Bertz CT molecular complexity index is 1450. The fraction of sp³-hybridized carbons (Fsp3) is 0.387. The van der Waals surface area contributed by atoms with Crippen LogP contribution in [-0.4, -0.2) is 19.9 Å². The quantitative estimate of drug-likeness (QED) is 0.415. The van der Waals surface area contributed by atoms with Crippen LogP contribution >= 0.6 is 0 Å². The van der Waals surface area contributed by atoms with E-state index >= 15 is 0 Å². The number of hydrogen-bond acceptors (Lipinski definition) is 4. The van der Waals surface area contributed by atoms with Crippen LogP contribution in [0, 0.1) is 5.92 Å². The molecule has 3 aromatic rings. The lowest BCUT2D eigenvalue weighted by molar-refractivity contribution is 0.0167. The molecule has 200 valence electrons. The molecule has 1 unspecified atom stereocenters. The predicted molar refractivity (Wildman–Crippen MR) is 149 cm³/mol. The van der Waals surface area contributed by atoms with Crippen LogP contribution in [-0.2, 0) is 22.9 Å². The molecule has 0 spiro atoms. The second-order valence-corrected chi connectivity index (χ2v) is 12.7. The summed E-state index contributed by atoms with van der Waals surface area (Å²) in [6.07, 6.45) is 3.77. The lowest BCUT2D eigenvalue weighted by Gasteiger charge is -2.43. The average molecular weight is 533 g/mol. The van der Waals surface area contributed by atoms with Gasteiger partial charge in [0.25, 0.3) is 5.91 Å². The van der Waals surface area contributed by atoms with Gasteiger partial charge in [-0.15, -0.1) is 0 Å². The summed E-state index contributed by atoms with van der Waals surface area (Å²) < 4.78 is 36.1. The molecule has 38 heavy (non-hydrogen) atoms. The zero-order valence-corrected chi connectivity index (χ0v) is 23.3. The highest BCUT2D eigenvalue weighted by Crippen LogP contribution is 2.44. The van der Waals surface area contributed by atoms with Crippen LogP contribution < -0.4 is 14.8 Å². The molecular formula is C31H36N2O4S. The molecule has 1 heterocycles. The van der Waals surface area contributed by atoms with Crippen LogP contribution in [0.2, 0.25) is 0 Å². The molecule has 3 aromatic carbocycles. The highest BCUT2D eigenvalue weighted by molar-refractivity contribution is 7.89. The molecule has 0 radical (unpaired) electrons. The monoisotopic (exact) mass is 532 g/mol. The first-order valence-electron chi connectivity index (χ1n) is 13.4. The molecule has 0 bridgehead atoms. The topological polar surface area (TPSA) is 84.5 Å². The number of hydrogen-bond donors (Lipinski definition) is 2. The van der Waals surface area contributed by atoms with E-state index in [1.807, 2.05) is 52.0 Å². The molecular weight excluding hydrogens is 496 g/mol. The molecule has 0 fully saturated rings. The largest absolute Gasteiger partial charge is 0.487 e. The first-order valence-corrected chi connectivity index (χ1v) is 14.9. The Morgan fingerprint density at radius 3 is 2.50 bits per heavy atom. The summed E-state index contributed by atoms with van der Waals surface area (Å²) in [6.45, 7) is 7.92. The number of sulfonamides is 1. The minimum atomic E-state index is -3.81. The van der Waals surface area contributed by atoms with Crippen LogP contribution in [0.4, 0.5) is 0 Å². The van der Waals surface area contributed by atoms with Crippen molar-refractivity contribution in [2.75, 3.05) is 0 Å². The second-order valence-electron chi connectivity index (χ2n) is 11.0. The van der Waals surface area contributed by atoms with Gasteiger partial charge in [0.1, 0.15) is 11.4 Å². The molecule has 1 aliphatic carbocycles. The van der Waals surface area contributed by atoms with Gasteiger partial charge in [-0.25, -0.2) is 13.1 Å². The first kappa shape index (κ1) is 26.4. The molecule has 2 N–H and O–H groups in total. The van der Waals surface area contributed by atoms with Gasteiger partial charge in [0, 0.05) is 17.0 Å². The number of aryl methyl sites for hydroxylation is 2. The molecule has 7 heteroatoms. The fourth-order valence-corrected chi connectivity index (χ4v) is 6.82. The highest BCUT2D eigenvalue weighted by atomic mass is 32.2. The molecule has 6 nitrogen and oxygen atoms in total. The number of benzene rings is 3. The SMILES string of the molecule is CCc1ccc(S(=O)(=O)N[C@@H]2c3cc(C(=O)NC4CCCc5ccccc54)ccc3OC(C)(C)[C@@H]2C)cc1. The summed E-state index contributed by atoms with van der Waals surface area (Å²) in [5, 5.41) is 3.21. The standard InChI is InChI=1S/C31H36N2O4S/c1-5-21-13-16-24(17-14-21)38(35,36)33-29-20(2)31(3,4)37-28-18-15-23(19-26(28)29)30(34)32-27-12-8-10-22-9-6-7-11-25(22)27/h6-7,9,11,13-20,27,29,33H,5,8,10,12H2,1-4H3,(H,32,34)/t20-,27?,29+/m1/s1. The molecule has 0 saturated heterocycles. The Morgan fingerprint density at radius 1 is 1.03 bits per heavy atom. The van der Waals surface area contributed by atoms with E-state index < -0.39 is 21.7 Å². The minimum Gasteiger partial charge on any atom is -0.487 e. The zero-order chi connectivity index (χ0) is 27.1. The molecule has 2 aliphatic rings. The van der Waals surface area contributed by atoms with Crippen molar-refractivity contribution < 1.29 is 17.9 Å². The number of rotatable bonds is 6. The smallest absolute Gasteiger partial charge is 0.251 e. The molecule has 1 amide bonds. The van der Waals surface area contributed by atoms with E-state index in [1.165, 1.54) is 11.1 Å². The third kappa shape index (κ3) is 5.09. The van der Waals surface area contributed by atoms with Crippen LogP contribution in [0.3, 0.4) is 0 Å². The Labute approximate surface area is 225 Å². The number of amides is 1. The van der Waals surface area contributed by atoms with Gasteiger partial charge in [-0.2, -0.15) is 0 Å². The van der Waals surface area contributed by atoms with Crippen molar-refractivity contribution in [3.8, 4) is 5.75 Å². The van der Waals surface area contributed by atoms with E-state index in [2.05, 4.69) is 22.2 Å².